The molecule has 0 aliphatic rings. The molecule has 1 atom stereocenters. The number of halogens is 2. The second kappa shape index (κ2) is 13.0. The van der Waals surface area contributed by atoms with Gasteiger partial charge in [-0.15, -0.1) is 24.0 Å². The van der Waals surface area contributed by atoms with Crippen molar-refractivity contribution in [2.75, 3.05) is 33.2 Å². The number of rotatable bonds is 10. The molecule has 28 heavy (non-hydrogen) atoms. The highest BCUT2D eigenvalue weighted by molar-refractivity contribution is 14.0. The minimum absolute atomic E-state index is 0. The van der Waals surface area contributed by atoms with E-state index in [2.05, 4.69) is 46.3 Å². The highest BCUT2D eigenvalue weighted by Crippen LogP contribution is 2.19. The Kier molecular flexibility index (Phi) is 11.4. The molecule has 5 nitrogen and oxygen atoms in total. The summed E-state index contributed by atoms with van der Waals surface area (Å²) in [5.41, 5.74) is 2.02. The molecule has 7 heteroatoms. The van der Waals surface area contributed by atoms with Crippen molar-refractivity contribution in [3.8, 4) is 0 Å². The lowest BCUT2D eigenvalue weighted by atomic mass is 10.1. The molecular formula is C21H35FIN5. The van der Waals surface area contributed by atoms with Crippen molar-refractivity contribution in [3.63, 3.8) is 0 Å². The van der Waals surface area contributed by atoms with E-state index in [4.69, 9.17) is 0 Å². The molecule has 2 aromatic rings. The molecule has 0 bridgehead atoms. The van der Waals surface area contributed by atoms with Crippen LogP contribution >= 0.6 is 24.0 Å². The maximum Gasteiger partial charge on any atom is 0.191 e. The Morgan fingerprint density at radius 1 is 1.29 bits per heavy atom. The molecule has 0 spiro atoms. The van der Waals surface area contributed by atoms with Crippen LogP contribution in [0.3, 0.4) is 0 Å². The number of aliphatic imine (C=N–C) groups is 1. The smallest absolute Gasteiger partial charge is 0.191 e. The number of aromatic amines is 1. The summed E-state index contributed by atoms with van der Waals surface area (Å²) in [5.74, 6) is 0.616. The fourth-order valence-electron chi connectivity index (χ4n) is 3.34. The SMILES string of the molecule is CCN(CC)CCCC(C)NC(=NC)NCCc1c[nH]c2cc(F)ccc12.I. The quantitative estimate of drug-likeness (QED) is 0.260. The number of H-pyrrole nitrogens is 1. The maximum absolute atomic E-state index is 13.3. The largest absolute Gasteiger partial charge is 0.361 e. The molecule has 0 saturated carbocycles. The first-order valence-electron chi connectivity index (χ1n) is 10.0. The third kappa shape index (κ3) is 7.58. The van der Waals surface area contributed by atoms with E-state index in [1.807, 2.05) is 12.3 Å². The number of guanidine groups is 1. The monoisotopic (exact) mass is 503 g/mol. The third-order valence-corrected chi connectivity index (χ3v) is 5.03. The fraction of sp³-hybridized carbons (Fsp3) is 0.571. The topological polar surface area (TPSA) is 55.4 Å². The summed E-state index contributed by atoms with van der Waals surface area (Å²) in [4.78, 5) is 9.91. The van der Waals surface area contributed by atoms with Crippen LogP contribution in [0, 0.1) is 5.82 Å². The number of hydrogen-bond acceptors (Lipinski definition) is 2. The Morgan fingerprint density at radius 2 is 2.04 bits per heavy atom. The van der Waals surface area contributed by atoms with Crippen LogP contribution in [0.25, 0.3) is 10.9 Å². The van der Waals surface area contributed by atoms with E-state index in [0.29, 0.717) is 6.04 Å². The number of nitrogens with zero attached hydrogens (tertiary/aromatic N) is 2. The van der Waals surface area contributed by atoms with Gasteiger partial charge in [0.1, 0.15) is 5.82 Å². The Bertz CT molecular complexity index is 727. The van der Waals surface area contributed by atoms with Gasteiger partial charge in [-0.1, -0.05) is 13.8 Å². The number of benzene rings is 1. The second-order valence-corrected chi connectivity index (χ2v) is 6.97. The van der Waals surface area contributed by atoms with E-state index in [1.54, 1.807) is 7.05 Å². The first-order valence-corrected chi connectivity index (χ1v) is 10.0. The number of hydrogen-bond donors (Lipinski definition) is 3. The molecular weight excluding hydrogens is 468 g/mol. The standard InChI is InChI=1S/C21H34FN5.HI/c1-5-27(6-2)13-7-8-16(3)26-21(23-4)24-12-11-17-15-25-20-14-18(22)9-10-19(17)20;/h9-10,14-16,25H,5-8,11-13H2,1-4H3,(H2,23,24,26);1H. The van der Waals surface area contributed by atoms with Gasteiger partial charge in [-0.25, -0.2) is 4.39 Å². The Hall–Kier alpha value is -1.35. The van der Waals surface area contributed by atoms with Crippen molar-refractivity contribution in [2.24, 2.45) is 4.99 Å². The van der Waals surface area contributed by atoms with Gasteiger partial charge < -0.3 is 20.5 Å². The van der Waals surface area contributed by atoms with Crippen molar-refractivity contribution >= 4 is 40.8 Å². The van der Waals surface area contributed by atoms with Gasteiger partial charge in [-0.05, 0) is 69.6 Å². The average Bonchev–Trinajstić information content (AvgIpc) is 3.06. The van der Waals surface area contributed by atoms with Gasteiger partial charge in [-0.2, -0.15) is 0 Å². The van der Waals surface area contributed by atoms with E-state index in [-0.39, 0.29) is 29.8 Å². The van der Waals surface area contributed by atoms with Crippen molar-refractivity contribution in [3.05, 3.63) is 35.8 Å². The number of fused-ring (bicyclic) bond motifs is 1. The molecule has 1 aromatic carbocycles. The summed E-state index contributed by atoms with van der Waals surface area (Å²) < 4.78 is 13.3. The molecule has 1 heterocycles. The third-order valence-electron chi connectivity index (χ3n) is 5.03. The van der Waals surface area contributed by atoms with Gasteiger partial charge in [-0.3, -0.25) is 4.99 Å². The molecule has 1 aromatic heterocycles. The lowest BCUT2D eigenvalue weighted by molar-refractivity contribution is 0.292. The van der Waals surface area contributed by atoms with Gasteiger partial charge in [0, 0.05) is 36.7 Å². The zero-order valence-corrected chi connectivity index (χ0v) is 19.8. The normalized spacial score (nSPS) is 12.9. The van der Waals surface area contributed by atoms with Crippen LogP contribution in [0.4, 0.5) is 4.39 Å². The number of nitrogens with one attached hydrogen (secondary N) is 3. The Labute approximate surface area is 185 Å². The lowest BCUT2D eigenvalue weighted by Gasteiger charge is -2.21. The molecule has 3 N–H and O–H groups in total. The molecule has 0 saturated heterocycles. The Morgan fingerprint density at radius 3 is 2.71 bits per heavy atom. The van der Waals surface area contributed by atoms with Crippen LogP contribution in [-0.2, 0) is 6.42 Å². The van der Waals surface area contributed by atoms with Crippen molar-refractivity contribution in [2.45, 2.75) is 46.1 Å². The van der Waals surface area contributed by atoms with Crippen LogP contribution in [0.15, 0.2) is 29.4 Å². The van der Waals surface area contributed by atoms with Gasteiger partial charge in [0.2, 0.25) is 0 Å². The van der Waals surface area contributed by atoms with Gasteiger partial charge in [0.15, 0.2) is 5.96 Å². The fourth-order valence-corrected chi connectivity index (χ4v) is 3.34. The molecule has 0 amide bonds. The van der Waals surface area contributed by atoms with Crippen LogP contribution in [0.2, 0.25) is 0 Å². The maximum atomic E-state index is 13.3. The minimum atomic E-state index is -0.214. The van der Waals surface area contributed by atoms with Crippen LogP contribution in [0.1, 0.15) is 39.2 Å². The summed E-state index contributed by atoms with van der Waals surface area (Å²) in [6, 6.07) is 5.25. The van der Waals surface area contributed by atoms with Gasteiger partial charge in [0.25, 0.3) is 0 Å². The molecule has 1 unspecified atom stereocenters. The molecule has 0 fully saturated rings. The molecule has 2 rings (SSSR count). The van der Waals surface area contributed by atoms with E-state index < -0.39 is 0 Å². The van der Waals surface area contributed by atoms with Gasteiger partial charge in [0.05, 0.1) is 0 Å². The second-order valence-electron chi connectivity index (χ2n) is 6.97. The minimum Gasteiger partial charge on any atom is -0.361 e. The van der Waals surface area contributed by atoms with E-state index in [1.165, 1.54) is 24.1 Å². The first-order chi connectivity index (χ1) is 13.1. The van der Waals surface area contributed by atoms with Gasteiger partial charge >= 0.3 is 0 Å². The van der Waals surface area contributed by atoms with E-state index in [0.717, 1.165) is 55.9 Å². The lowest BCUT2D eigenvalue weighted by Crippen LogP contribution is -2.43. The summed E-state index contributed by atoms with van der Waals surface area (Å²) in [5, 5.41) is 7.92. The van der Waals surface area contributed by atoms with Crippen molar-refractivity contribution < 1.29 is 4.39 Å². The zero-order chi connectivity index (χ0) is 19.6. The molecule has 0 radical (unpaired) electrons. The van der Waals surface area contributed by atoms with E-state index >= 15 is 0 Å². The van der Waals surface area contributed by atoms with Crippen molar-refractivity contribution in [1.82, 2.24) is 20.5 Å². The summed E-state index contributed by atoms with van der Waals surface area (Å²) in [7, 11) is 1.80. The van der Waals surface area contributed by atoms with Crippen LogP contribution in [0.5, 0.6) is 0 Å². The zero-order valence-electron chi connectivity index (χ0n) is 17.5. The summed E-state index contributed by atoms with van der Waals surface area (Å²) in [6.07, 6.45) is 5.10. The van der Waals surface area contributed by atoms with Crippen LogP contribution in [-0.4, -0.2) is 55.1 Å². The highest BCUT2D eigenvalue weighted by Gasteiger charge is 2.08. The van der Waals surface area contributed by atoms with Crippen molar-refractivity contribution in [1.29, 1.82) is 0 Å². The van der Waals surface area contributed by atoms with Crippen LogP contribution < -0.4 is 10.6 Å². The van der Waals surface area contributed by atoms with E-state index in [9.17, 15) is 4.39 Å². The summed E-state index contributed by atoms with van der Waals surface area (Å²) >= 11 is 0. The highest BCUT2D eigenvalue weighted by atomic mass is 127. The average molecular weight is 503 g/mol. The Balaban J connectivity index is 0.00000392. The molecule has 0 aliphatic carbocycles. The molecule has 0 aliphatic heterocycles. The number of aromatic nitrogens is 1. The predicted octanol–water partition coefficient (Wildman–Crippen LogP) is 4.14. The first kappa shape index (κ1) is 24.7. The summed E-state index contributed by atoms with van der Waals surface area (Å²) in [6.45, 7) is 10.8. The predicted molar refractivity (Wildman–Crippen MR) is 128 cm³/mol. The molecule has 158 valence electrons.